The molecule has 0 spiro atoms. The van der Waals surface area contributed by atoms with E-state index in [0.717, 1.165) is 18.4 Å². The van der Waals surface area contributed by atoms with Crippen LogP contribution in [-0.2, 0) is 27.3 Å². The fourth-order valence-electron chi connectivity index (χ4n) is 4.35. The monoisotopic (exact) mass is 451 g/mol. The van der Waals surface area contributed by atoms with Gasteiger partial charge in [0.05, 0.1) is 12.2 Å². The molecule has 3 rings (SSSR count). The first-order chi connectivity index (χ1) is 14.7. The minimum atomic E-state index is -0.850. The topological polar surface area (TPSA) is 35.5 Å². The normalized spacial score (nSPS) is 17.2. The lowest BCUT2D eigenvalue weighted by atomic mass is 9.63. The summed E-state index contributed by atoms with van der Waals surface area (Å²) in [5.74, 6) is 0.277. The minimum Gasteiger partial charge on any atom is -0.423 e. The van der Waals surface area contributed by atoms with E-state index in [2.05, 4.69) is 79.8 Å². The summed E-state index contributed by atoms with van der Waals surface area (Å²) in [6.07, 6.45) is 2.26. The van der Waals surface area contributed by atoms with Crippen molar-refractivity contribution in [2.45, 2.75) is 97.3 Å². The van der Waals surface area contributed by atoms with Gasteiger partial charge in [0, 0.05) is 5.56 Å². The van der Waals surface area contributed by atoms with Crippen molar-refractivity contribution in [2.24, 2.45) is 0 Å². The molecule has 0 bridgehead atoms. The Hall–Kier alpha value is -1.91. The molecular weight excluding hydrogens is 412 g/mol. The Kier molecular flexibility index (Phi) is 6.79. The van der Waals surface area contributed by atoms with Gasteiger partial charge in [-0.1, -0.05) is 60.6 Å². The number of hydrogen-bond acceptors (Lipinski definition) is 3. The van der Waals surface area contributed by atoms with Gasteiger partial charge in [0.2, 0.25) is 9.04 Å². The van der Waals surface area contributed by atoms with Crippen molar-refractivity contribution < 1.29 is 14.0 Å². The predicted octanol–water partition coefficient (Wildman–Crippen LogP) is 7.32. The Morgan fingerprint density at radius 3 is 2.16 bits per heavy atom. The van der Waals surface area contributed by atoms with Crippen molar-refractivity contribution in [3.63, 3.8) is 0 Å². The SMILES string of the molecule is C[Si](C)OCc1cc(C(C)(C)C)ccc1OC(=O)c1ccc2c(c1)C(C)(C)CCC2(C)C. The van der Waals surface area contributed by atoms with Gasteiger partial charge in [-0.05, 0) is 83.1 Å². The molecule has 0 aromatic heterocycles. The molecule has 1 aliphatic rings. The first-order valence-corrected chi connectivity index (χ1v) is 14.1. The smallest absolute Gasteiger partial charge is 0.343 e. The van der Waals surface area contributed by atoms with Crippen molar-refractivity contribution in [1.82, 2.24) is 0 Å². The van der Waals surface area contributed by atoms with Gasteiger partial charge in [-0.2, -0.15) is 0 Å². The fraction of sp³-hybridized carbons (Fsp3) is 0.536. The molecule has 1 aliphatic carbocycles. The first kappa shape index (κ1) is 24.7. The van der Waals surface area contributed by atoms with Crippen LogP contribution in [0.1, 0.15) is 93.9 Å². The molecule has 0 saturated carbocycles. The zero-order chi connectivity index (χ0) is 23.9. The maximum atomic E-state index is 13.2. The molecule has 4 heteroatoms. The van der Waals surface area contributed by atoms with E-state index in [1.165, 1.54) is 16.7 Å². The number of hydrogen-bond donors (Lipinski definition) is 0. The number of benzene rings is 2. The van der Waals surface area contributed by atoms with Gasteiger partial charge >= 0.3 is 5.97 Å². The van der Waals surface area contributed by atoms with Crippen molar-refractivity contribution in [2.75, 3.05) is 0 Å². The van der Waals surface area contributed by atoms with Crippen LogP contribution in [0, 0.1) is 0 Å². The summed E-state index contributed by atoms with van der Waals surface area (Å²) in [4.78, 5) is 13.2. The minimum absolute atomic E-state index is 0.0143. The zero-order valence-electron chi connectivity index (χ0n) is 21.3. The van der Waals surface area contributed by atoms with Crippen LogP contribution in [0.25, 0.3) is 0 Å². The lowest BCUT2D eigenvalue weighted by molar-refractivity contribution is 0.0731. The van der Waals surface area contributed by atoms with E-state index < -0.39 is 9.04 Å². The standard InChI is InChI=1S/C28H39O3Si/c1-26(2,3)21-11-13-24(20(16-21)18-30-32(8)9)31-25(29)19-10-12-22-23(17-19)28(6,7)15-14-27(22,4)5/h10-13,16-17H,14-15,18H2,1-9H3. The average molecular weight is 452 g/mol. The molecule has 3 nitrogen and oxygen atoms in total. The molecular formula is C28H39O3Si. The van der Waals surface area contributed by atoms with Crippen molar-refractivity contribution in [1.29, 1.82) is 0 Å². The molecule has 1 radical (unpaired) electrons. The summed E-state index contributed by atoms with van der Waals surface area (Å²) in [6.45, 7) is 20.4. The Labute approximate surface area is 196 Å². The van der Waals surface area contributed by atoms with Crippen LogP contribution < -0.4 is 4.74 Å². The van der Waals surface area contributed by atoms with Crippen LogP contribution in [0.4, 0.5) is 0 Å². The van der Waals surface area contributed by atoms with E-state index in [1.807, 2.05) is 18.2 Å². The maximum absolute atomic E-state index is 13.2. The summed E-state index contributed by atoms with van der Waals surface area (Å²) < 4.78 is 11.9. The van der Waals surface area contributed by atoms with E-state index in [-0.39, 0.29) is 22.2 Å². The molecule has 0 aliphatic heterocycles. The first-order valence-electron chi connectivity index (χ1n) is 11.6. The third-order valence-corrected chi connectivity index (χ3v) is 7.46. The lowest BCUT2D eigenvalue weighted by Crippen LogP contribution is -2.34. The number of esters is 1. The third-order valence-electron chi connectivity index (χ3n) is 6.73. The zero-order valence-corrected chi connectivity index (χ0v) is 22.3. The second-order valence-electron chi connectivity index (χ2n) is 11.7. The van der Waals surface area contributed by atoms with Gasteiger partial charge in [0.1, 0.15) is 5.75 Å². The van der Waals surface area contributed by atoms with Crippen LogP contribution in [-0.4, -0.2) is 15.0 Å². The van der Waals surface area contributed by atoms with Gasteiger partial charge in [-0.25, -0.2) is 4.79 Å². The molecule has 0 amide bonds. The van der Waals surface area contributed by atoms with Gasteiger partial charge in [-0.15, -0.1) is 0 Å². The molecule has 173 valence electrons. The van der Waals surface area contributed by atoms with Gasteiger partial charge in [-0.3, -0.25) is 0 Å². The number of carbonyl (C=O) groups excluding carboxylic acids is 1. The molecule has 0 unspecified atom stereocenters. The highest BCUT2D eigenvalue weighted by Crippen LogP contribution is 2.46. The van der Waals surface area contributed by atoms with E-state index in [0.29, 0.717) is 17.9 Å². The number of carbonyl (C=O) groups is 1. The van der Waals surface area contributed by atoms with E-state index in [4.69, 9.17) is 9.16 Å². The van der Waals surface area contributed by atoms with E-state index in [1.54, 1.807) is 0 Å². The Morgan fingerprint density at radius 2 is 1.56 bits per heavy atom. The summed E-state index contributed by atoms with van der Waals surface area (Å²) >= 11 is 0. The highest BCUT2D eigenvalue weighted by molar-refractivity contribution is 6.48. The molecule has 2 aromatic rings. The highest BCUT2D eigenvalue weighted by Gasteiger charge is 2.37. The third kappa shape index (κ3) is 5.35. The molecule has 0 atom stereocenters. The number of ether oxygens (including phenoxy) is 1. The molecule has 0 saturated heterocycles. The maximum Gasteiger partial charge on any atom is 0.343 e. The number of rotatable bonds is 5. The van der Waals surface area contributed by atoms with Crippen LogP contribution in [0.15, 0.2) is 36.4 Å². The fourth-order valence-corrected chi connectivity index (χ4v) is 4.80. The van der Waals surface area contributed by atoms with Crippen molar-refractivity contribution in [3.05, 3.63) is 64.2 Å². The Morgan fingerprint density at radius 1 is 0.938 bits per heavy atom. The summed E-state index contributed by atoms with van der Waals surface area (Å²) in [5.41, 5.74) is 5.53. The molecule has 0 heterocycles. The lowest BCUT2D eigenvalue weighted by Gasteiger charge is -2.42. The molecule has 2 aromatic carbocycles. The second-order valence-corrected chi connectivity index (χ2v) is 13.8. The summed E-state index contributed by atoms with van der Waals surface area (Å²) in [7, 11) is -0.850. The van der Waals surface area contributed by atoms with Crippen LogP contribution >= 0.6 is 0 Å². The van der Waals surface area contributed by atoms with Crippen LogP contribution in [0.5, 0.6) is 5.75 Å². The van der Waals surface area contributed by atoms with Crippen LogP contribution in [0.2, 0.25) is 13.1 Å². The highest BCUT2D eigenvalue weighted by atomic mass is 28.3. The Balaban J connectivity index is 1.93. The quantitative estimate of drug-likeness (QED) is 0.271. The van der Waals surface area contributed by atoms with Crippen LogP contribution in [0.3, 0.4) is 0 Å². The van der Waals surface area contributed by atoms with E-state index >= 15 is 0 Å². The van der Waals surface area contributed by atoms with Crippen molar-refractivity contribution in [3.8, 4) is 5.75 Å². The summed E-state index contributed by atoms with van der Waals surface area (Å²) in [5, 5.41) is 0. The van der Waals surface area contributed by atoms with Gasteiger partial charge < -0.3 is 9.16 Å². The second kappa shape index (κ2) is 8.79. The molecule has 0 fully saturated rings. The molecule has 32 heavy (non-hydrogen) atoms. The van der Waals surface area contributed by atoms with Gasteiger partial charge in [0.25, 0.3) is 0 Å². The van der Waals surface area contributed by atoms with Gasteiger partial charge in [0.15, 0.2) is 0 Å². The summed E-state index contributed by atoms with van der Waals surface area (Å²) in [6, 6.07) is 12.2. The largest absolute Gasteiger partial charge is 0.423 e. The van der Waals surface area contributed by atoms with Crippen molar-refractivity contribution >= 4 is 15.0 Å². The average Bonchev–Trinajstić information content (AvgIpc) is 2.69. The molecule has 0 N–H and O–H groups in total. The number of fused-ring (bicyclic) bond motifs is 1. The predicted molar refractivity (Wildman–Crippen MR) is 134 cm³/mol. The Bertz CT molecular complexity index is 996. The van der Waals surface area contributed by atoms with E-state index in [9.17, 15) is 4.79 Å².